The van der Waals surface area contributed by atoms with Gasteiger partial charge in [0.15, 0.2) is 5.16 Å². The summed E-state index contributed by atoms with van der Waals surface area (Å²) in [5, 5.41) is 3.68. The number of carbonyl (C=O) groups is 1. The Hall–Kier alpha value is -3.39. The number of hydrogen-bond acceptors (Lipinski definition) is 6. The number of hydrogen-bond donors (Lipinski definition) is 1. The SMILES string of the molecule is CCn1c(CSc2nccc(C)n2)nc2cc(NC(=O)c3ccccc3OC)ccc21. The molecule has 0 bridgehead atoms. The van der Waals surface area contributed by atoms with Crippen LogP contribution in [0, 0.1) is 6.92 Å². The molecule has 0 unspecified atom stereocenters. The van der Waals surface area contributed by atoms with Crippen molar-refractivity contribution in [3.05, 3.63) is 71.8 Å². The lowest BCUT2D eigenvalue weighted by Crippen LogP contribution is -2.13. The highest BCUT2D eigenvalue weighted by molar-refractivity contribution is 7.98. The Morgan fingerprint density at radius 3 is 2.77 bits per heavy atom. The number of methoxy groups -OCH3 is 1. The van der Waals surface area contributed by atoms with Gasteiger partial charge in [-0.3, -0.25) is 4.79 Å². The summed E-state index contributed by atoms with van der Waals surface area (Å²) >= 11 is 1.56. The second-order valence-electron chi connectivity index (χ2n) is 6.90. The smallest absolute Gasteiger partial charge is 0.259 e. The van der Waals surface area contributed by atoms with E-state index >= 15 is 0 Å². The number of imidazole rings is 1. The number of nitrogens with one attached hydrogen (secondary N) is 1. The molecule has 0 atom stereocenters. The zero-order valence-electron chi connectivity index (χ0n) is 17.6. The minimum absolute atomic E-state index is 0.223. The zero-order chi connectivity index (χ0) is 21.8. The molecule has 8 heteroatoms. The Labute approximate surface area is 184 Å². The van der Waals surface area contributed by atoms with Crippen molar-refractivity contribution in [1.29, 1.82) is 0 Å². The third kappa shape index (κ3) is 4.54. The van der Waals surface area contributed by atoms with Crippen LogP contribution in [0.2, 0.25) is 0 Å². The van der Waals surface area contributed by atoms with E-state index in [4.69, 9.17) is 9.72 Å². The van der Waals surface area contributed by atoms with Crippen molar-refractivity contribution in [2.45, 2.75) is 31.3 Å². The number of anilines is 1. The minimum Gasteiger partial charge on any atom is -0.496 e. The summed E-state index contributed by atoms with van der Waals surface area (Å²) in [6.07, 6.45) is 1.77. The molecule has 2 aromatic heterocycles. The number of nitrogens with zero attached hydrogens (tertiary/aromatic N) is 4. The van der Waals surface area contributed by atoms with Crippen molar-refractivity contribution in [3.63, 3.8) is 0 Å². The molecule has 1 N–H and O–H groups in total. The Morgan fingerprint density at radius 1 is 1.16 bits per heavy atom. The summed E-state index contributed by atoms with van der Waals surface area (Å²) in [7, 11) is 1.55. The van der Waals surface area contributed by atoms with E-state index in [2.05, 4.69) is 26.8 Å². The molecular weight excluding hydrogens is 410 g/mol. The number of para-hydroxylation sites is 1. The average molecular weight is 434 g/mol. The molecule has 1 amide bonds. The van der Waals surface area contributed by atoms with Crippen LogP contribution in [0.4, 0.5) is 5.69 Å². The van der Waals surface area contributed by atoms with Gasteiger partial charge in [-0.1, -0.05) is 23.9 Å². The first-order chi connectivity index (χ1) is 15.1. The van der Waals surface area contributed by atoms with Gasteiger partial charge in [-0.25, -0.2) is 15.0 Å². The van der Waals surface area contributed by atoms with Gasteiger partial charge in [0.2, 0.25) is 0 Å². The molecule has 0 fully saturated rings. The maximum Gasteiger partial charge on any atom is 0.259 e. The molecule has 0 spiro atoms. The number of aryl methyl sites for hydroxylation is 2. The van der Waals surface area contributed by atoms with Gasteiger partial charge in [0, 0.05) is 24.1 Å². The quantitative estimate of drug-likeness (QED) is 0.336. The Bertz CT molecular complexity index is 1240. The van der Waals surface area contributed by atoms with Gasteiger partial charge >= 0.3 is 0 Å². The molecule has 2 heterocycles. The number of aromatic nitrogens is 4. The van der Waals surface area contributed by atoms with Crippen LogP contribution in [0.1, 0.15) is 28.8 Å². The van der Waals surface area contributed by atoms with Crippen LogP contribution in [-0.2, 0) is 12.3 Å². The molecule has 0 radical (unpaired) electrons. The number of ether oxygens (including phenoxy) is 1. The fraction of sp³-hybridized carbons (Fsp3) is 0.217. The summed E-state index contributed by atoms with van der Waals surface area (Å²) in [6, 6.07) is 14.8. The van der Waals surface area contributed by atoms with E-state index in [0.717, 1.165) is 34.3 Å². The van der Waals surface area contributed by atoms with Gasteiger partial charge in [-0.15, -0.1) is 0 Å². The predicted octanol–water partition coefficient (Wildman–Crippen LogP) is 4.71. The number of amides is 1. The second-order valence-corrected chi connectivity index (χ2v) is 7.84. The average Bonchev–Trinajstić information content (AvgIpc) is 3.14. The third-order valence-electron chi connectivity index (χ3n) is 4.86. The molecule has 0 aliphatic rings. The Balaban J connectivity index is 1.57. The summed E-state index contributed by atoms with van der Waals surface area (Å²) < 4.78 is 7.46. The summed E-state index contributed by atoms with van der Waals surface area (Å²) in [6.45, 7) is 4.84. The van der Waals surface area contributed by atoms with Crippen molar-refractivity contribution < 1.29 is 9.53 Å². The highest BCUT2D eigenvalue weighted by Crippen LogP contribution is 2.26. The molecule has 7 nitrogen and oxygen atoms in total. The highest BCUT2D eigenvalue weighted by Gasteiger charge is 2.14. The molecule has 0 aliphatic heterocycles. The van der Waals surface area contributed by atoms with E-state index in [0.29, 0.717) is 22.8 Å². The van der Waals surface area contributed by atoms with E-state index in [1.54, 1.807) is 37.2 Å². The Kier molecular flexibility index (Phi) is 6.18. The van der Waals surface area contributed by atoms with E-state index in [9.17, 15) is 4.79 Å². The van der Waals surface area contributed by atoms with E-state index in [1.165, 1.54) is 0 Å². The van der Waals surface area contributed by atoms with Gasteiger partial charge in [0.1, 0.15) is 11.6 Å². The fourth-order valence-corrected chi connectivity index (χ4v) is 4.20. The van der Waals surface area contributed by atoms with Gasteiger partial charge in [0.25, 0.3) is 5.91 Å². The molecule has 31 heavy (non-hydrogen) atoms. The Morgan fingerprint density at radius 2 is 2.00 bits per heavy atom. The van der Waals surface area contributed by atoms with Gasteiger partial charge in [0.05, 0.1) is 29.5 Å². The van der Waals surface area contributed by atoms with Gasteiger partial charge in [-0.2, -0.15) is 0 Å². The van der Waals surface area contributed by atoms with Gasteiger partial charge in [-0.05, 0) is 50.2 Å². The van der Waals surface area contributed by atoms with Crippen molar-refractivity contribution in [2.75, 3.05) is 12.4 Å². The lowest BCUT2D eigenvalue weighted by atomic mass is 10.2. The molecule has 0 aliphatic carbocycles. The molecule has 2 aromatic carbocycles. The molecule has 4 aromatic rings. The number of fused-ring (bicyclic) bond motifs is 1. The van der Waals surface area contributed by atoms with Gasteiger partial charge < -0.3 is 14.6 Å². The third-order valence-corrected chi connectivity index (χ3v) is 5.71. The summed E-state index contributed by atoms with van der Waals surface area (Å²) in [5.41, 5.74) is 3.97. The van der Waals surface area contributed by atoms with Crippen molar-refractivity contribution in [1.82, 2.24) is 19.5 Å². The van der Waals surface area contributed by atoms with Crippen LogP contribution in [0.15, 0.2) is 59.9 Å². The van der Waals surface area contributed by atoms with Crippen LogP contribution in [0.5, 0.6) is 5.75 Å². The first-order valence-electron chi connectivity index (χ1n) is 9.95. The van der Waals surface area contributed by atoms with Crippen LogP contribution >= 0.6 is 11.8 Å². The molecule has 0 saturated heterocycles. The van der Waals surface area contributed by atoms with Crippen molar-refractivity contribution >= 4 is 34.4 Å². The molecule has 0 saturated carbocycles. The van der Waals surface area contributed by atoms with Crippen LogP contribution in [-0.4, -0.2) is 32.5 Å². The monoisotopic (exact) mass is 433 g/mol. The van der Waals surface area contributed by atoms with Crippen molar-refractivity contribution in [3.8, 4) is 5.75 Å². The van der Waals surface area contributed by atoms with Crippen LogP contribution in [0.25, 0.3) is 11.0 Å². The van der Waals surface area contributed by atoms with Crippen LogP contribution in [0.3, 0.4) is 0 Å². The topological polar surface area (TPSA) is 81.9 Å². The molecule has 158 valence electrons. The highest BCUT2D eigenvalue weighted by atomic mass is 32.2. The maximum atomic E-state index is 12.7. The number of thioether (sulfide) groups is 1. The van der Waals surface area contributed by atoms with E-state index < -0.39 is 0 Å². The number of rotatable bonds is 7. The first-order valence-corrected chi connectivity index (χ1v) is 10.9. The first kappa shape index (κ1) is 20.9. The van der Waals surface area contributed by atoms with E-state index in [1.807, 2.05) is 43.3 Å². The normalized spacial score (nSPS) is 10.9. The fourth-order valence-electron chi connectivity index (χ4n) is 3.38. The second kappa shape index (κ2) is 9.18. The maximum absolute atomic E-state index is 12.7. The number of carbonyl (C=O) groups excluding carboxylic acids is 1. The standard InChI is InChI=1S/C23H23N5O2S/c1-4-28-19-10-9-16(26-22(29)17-7-5-6-8-20(17)30-3)13-18(19)27-21(28)14-31-23-24-12-11-15(2)25-23/h5-13H,4,14H2,1-3H3,(H,26,29). The predicted molar refractivity (Wildman–Crippen MR) is 123 cm³/mol. The summed E-state index contributed by atoms with van der Waals surface area (Å²) in [4.78, 5) is 26.3. The lowest BCUT2D eigenvalue weighted by Gasteiger charge is -2.09. The number of benzene rings is 2. The molecule has 4 rings (SSSR count). The zero-order valence-corrected chi connectivity index (χ0v) is 18.4. The summed E-state index contributed by atoms with van der Waals surface area (Å²) in [5.74, 6) is 1.92. The largest absolute Gasteiger partial charge is 0.496 e. The molecular formula is C23H23N5O2S. The minimum atomic E-state index is -0.223. The van der Waals surface area contributed by atoms with Crippen LogP contribution < -0.4 is 10.1 Å². The van der Waals surface area contributed by atoms with Crippen molar-refractivity contribution in [2.24, 2.45) is 0 Å². The lowest BCUT2D eigenvalue weighted by molar-refractivity contribution is 0.102. The van der Waals surface area contributed by atoms with E-state index in [-0.39, 0.29) is 5.91 Å².